The van der Waals surface area contributed by atoms with Crippen molar-refractivity contribution in [2.45, 2.75) is 39.8 Å². The lowest BCUT2D eigenvalue weighted by atomic mass is 9.99. The Kier molecular flexibility index (Phi) is 5.13. The predicted octanol–water partition coefficient (Wildman–Crippen LogP) is 4.12. The van der Waals surface area contributed by atoms with Crippen molar-refractivity contribution in [1.29, 1.82) is 0 Å². The molecule has 1 aliphatic carbocycles. The lowest BCUT2D eigenvalue weighted by molar-refractivity contribution is 0.0752. The summed E-state index contributed by atoms with van der Waals surface area (Å²) in [5.74, 6) is 0.0349. The number of hydrogen-bond acceptors (Lipinski definition) is 5. The molecule has 1 saturated carbocycles. The van der Waals surface area contributed by atoms with Crippen LogP contribution in [-0.4, -0.2) is 52.9 Å². The van der Waals surface area contributed by atoms with Gasteiger partial charge in [0.25, 0.3) is 5.91 Å². The van der Waals surface area contributed by atoms with Gasteiger partial charge in [-0.15, -0.1) is 0 Å². The standard InChI is InChI=1S/C26H30N4O2/c1-17-7-5-8-19-9-6-10-20(23(17)19)24(31)30-13-21-18(2)27-25(28-22(21)14-30)32-16-26(11-12-26)15-29(3)4/h5-10H,11-16H2,1-4H3. The lowest BCUT2D eigenvalue weighted by Crippen LogP contribution is -2.28. The summed E-state index contributed by atoms with van der Waals surface area (Å²) in [7, 11) is 4.19. The maximum Gasteiger partial charge on any atom is 0.316 e. The molecule has 0 bridgehead atoms. The Hall–Kier alpha value is -2.99. The van der Waals surface area contributed by atoms with Crippen LogP contribution in [0, 0.1) is 19.3 Å². The van der Waals surface area contributed by atoms with E-state index in [0.29, 0.717) is 25.7 Å². The first kappa shape index (κ1) is 20.9. The van der Waals surface area contributed by atoms with Gasteiger partial charge in [0.05, 0.1) is 25.4 Å². The SMILES string of the molecule is Cc1nc(OCC2(CN(C)C)CC2)nc2c1CN(C(=O)c1cccc3cccc(C)c13)C2. The molecule has 2 aliphatic rings. The molecule has 2 heterocycles. The molecular formula is C26H30N4O2. The van der Waals surface area contributed by atoms with E-state index >= 15 is 0 Å². The molecule has 5 rings (SSSR count). The third-order valence-electron chi connectivity index (χ3n) is 6.72. The summed E-state index contributed by atoms with van der Waals surface area (Å²) in [4.78, 5) is 26.9. The van der Waals surface area contributed by atoms with Crippen LogP contribution in [0.3, 0.4) is 0 Å². The molecule has 0 saturated heterocycles. The second-order valence-corrected chi connectivity index (χ2v) is 9.68. The maximum atomic E-state index is 13.5. The minimum atomic E-state index is 0.0349. The lowest BCUT2D eigenvalue weighted by Gasteiger charge is -2.20. The third kappa shape index (κ3) is 3.84. The first-order chi connectivity index (χ1) is 15.3. The number of fused-ring (bicyclic) bond motifs is 2. The van der Waals surface area contributed by atoms with Crippen LogP contribution in [-0.2, 0) is 13.1 Å². The first-order valence-corrected chi connectivity index (χ1v) is 11.3. The number of aryl methyl sites for hydroxylation is 2. The monoisotopic (exact) mass is 430 g/mol. The molecule has 1 aromatic heterocycles. The van der Waals surface area contributed by atoms with Gasteiger partial charge in [0.15, 0.2) is 0 Å². The summed E-state index contributed by atoms with van der Waals surface area (Å²) in [5, 5.41) is 2.12. The summed E-state index contributed by atoms with van der Waals surface area (Å²) in [6.07, 6.45) is 2.36. The molecule has 0 spiro atoms. The van der Waals surface area contributed by atoms with Crippen molar-refractivity contribution in [3.05, 3.63) is 64.5 Å². The number of aromatic nitrogens is 2. The number of hydrogen-bond donors (Lipinski definition) is 0. The van der Waals surface area contributed by atoms with E-state index in [4.69, 9.17) is 4.74 Å². The summed E-state index contributed by atoms with van der Waals surface area (Å²) in [6, 6.07) is 12.5. The fraction of sp³-hybridized carbons (Fsp3) is 0.423. The normalized spacial score (nSPS) is 16.5. The number of ether oxygens (including phenoxy) is 1. The highest BCUT2D eigenvalue weighted by molar-refractivity contribution is 6.08. The van der Waals surface area contributed by atoms with Crippen molar-refractivity contribution >= 4 is 16.7 Å². The molecule has 32 heavy (non-hydrogen) atoms. The topological polar surface area (TPSA) is 58.6 Å². The van der Waals surface area contributed by atoms with Crippen molar-refractivity contribution in [2.24, 2.45) is 5.41 Å². The van der Waals surface area contributed by atoms with Crippen molar-refractivity contribution in [3.63, 3.8) is 0 Å². The average Bonchev–Trinajstić information content (AvgIpc) is 3.37. The van der Waals surface area contributed by atoms with Gasteiger partial charge in [-0.1, -0.05) is 30.3 Å². The molecule has 2 aromatic carbocycles. The van der Waals surface area contributed by atoms with Crippen molar-refractivity contribution in [1.82, 2.24) is 19.8 Å². The second kappa shape index (κ2) is 7.85. The van der Waals surface area contributed by atoms with Gasteiger partial charge in [0.1, 0.15) is 0 Å². The summed E-state index contributed by atoms with van der Waals surface area (Å²) < 4.78 is 6.04. The third-order valence-corrected chi connectivity index (χ3v) is 6.72. The van der Waals surface area contributed by atoms with Crippen LogP contribution in [0.2, 0.25) is 0 Å². The zero-order chi connectivity index (χ0) is 22.5. The van der Waals surface area contributed by atoms with E-state index in [1.807, 2.05) is 30.0 Å². The van der Waals surface area contributed by atoms with Crippen LogP contribution in [0.4, 0.5) is 0 Å². The highest BCUT2D eigenvalue weighted by Gasteiger charge is 2.44. The van der Waals surface area contributed by atoms with Crippen LogP contribution < -0.4 is 4.74 Å². The maximum absolute atomic E-state index is 13.5. The van der Waals surface area contributed by atoms with Gasteiger partial charge in [-0.25, -0.2) is 4.98 Å². The van der Waals surface area contributed by atoms with E-state index in [9.17, 15) is 4.79 Å². The van der Waals surface area contributed by atoms with Gasteiger partial charge < -0.3 is 14.5 Å². The van der Waals surface area contributed by atoms with Gasteiger partial charge in [-0.3, -0.25) is 4.79 Å². The van der Waals surface area contributed by atoms with E-state index in [0.717, 1.165) is 45.4 Å². The average molecular weight is 431 g/mol. The Morgan fingerprint density at radius 2 is 1.84 bits per heavy atom. The minimum absolute atomic E-state index is 0.0349. The zero-order valence-electron chi connectivity index (χ0n) is 19.3. The van der Waals surface area contributed by atoms with Gasteiger partial charge in [-0.2, -0.15) is 4.98 Å². The number of amides is 1. The van der Waals surface area contributed by atoms with Gasteiger partial charge in [0.2, 0.25) is 0 Å². The molecule has 1 fully saturated rings. The predicted molar refractivity (Wildman–Crippen MR) is 125 cm³/mol. The molecule has 1 amide bonds. The van der Waals surface area contributed by atoms with E-state index in [-0.39, 0.29) is 11.3 Å². The fourth-order valence-electron chi connectivity index (χ4n) is 4.89. The number of nitrogens with zero attached hydrogens (tertiary/aromatic N) is 4. The molecule has 6 heteroatoms. The van der Waals surface area contributed by atoms with Crippen molar-refractivity contribution in [3.8, 4) is 6.01 Å². The van der Waals surface area contributed by atoms with Crippen LogP contribution >= 0.6 is 0 Å². The molecule has 1 aliphatic heterocycles. The van der Waals surface area contributed by atoms with Crippen molar-refractivity contribution in [2.75, 3.05) is 27.2 Å². The quantitative estimate of drug-likeness (QED) is 0.589. The first-order valence-electron chi connectivity index (χ1n) is 11.3. The molecule has 0 radical (unpaired) electrons. The number of carbonyl (C=O) groups excluding carboxylic acids is 1. The Morgan fingerprint density at radius 1 is 1.09 bits per heavy atom. The van der Waals surface area contributed by atoms with Crippen LogP contribution in [0.1, 0.15) is 45.7 Å². The van der Waals surface area contributed by atoms with E-state index in [1.165, 1.54) is 12.8 Å². The number of rotatable bonds is 6. The Labute approximate surface area is 189 Å². The summed E-state index contributed by atoms with van der Waals surface area (Å²) in [6.45, 7) is 6.72. The van der Waals surface area contributed by atoms with E-state index in [1.54, 1.807) is 0 Å². The Bertz CT molecular complexity index is 1190. The fourth-order valence-corrected chi connectivity index (χ4v) is 4.89. The van der Waals surface area contributed by atoms with E-state index < -0.39 is 0 Å². The minimum Gasteiger partial charge on any atom is -0.463 e. The van der Waals surface area contributed by atoms with Gasteiger partial charge >= 0.3 is 6.01 Å². The Morgan fingerprint density at radius 3 is 2.56 bits per heavy atom. The number of carbonyl (C=O) groups is 1. The molecule has 166 valence electrons. The molecule has 6 nitrogen and oxygen atoms in total. The highest BCUT2D eigenvalue weighted by Crippen LogP contribution is 2.46. The van der Waals surface area contributed by atoms with Crippen LogP contribution in [0.15, 0.2) is 36.4 Å². The number of benzene rings is 2. The van der Waals surface area contributed by atoms with Crippen molar-refractivity contribution < 1.29 is 9.53 Å². The summed E-state index contributed by atoms with van der Waals surface area (Å²) in [5.41, 5.74) is 4.92. The molecule has 3 aromatic rings. The zero-order valence-corrected chi connectivity index (χ0v) is 19.3. The molecule has 0 atom stereocenters. The van der Waals surface area contributed by atoms with Crippen LogP contribution in [0.25, 0.3) is 10.8 Å². The molecule has 0 N–H and O–H groups in total. The summed E-state index contributed by atoms with van der Waals surface area (Å²) >= 11 is 0. The van der Waals surface area contributed by atoms with Gasteiger partial charge in [0, 0.05) is 28.8 Å². The smallest absolute Gasteiger partial charge is 0.316 e. The molecular weight excluding hydrogens is 400 g/mol. The largest absolute Gasteiger partial charge is 0.463 e. The van der Waals surface area contributed by atoms with Crippen LogP contribution in [0.5, 0.6) is 6.01 Å². The Balaban J connectivity index is 1.35. The molecule has 0 unspecified atom stereocenters. The van der Waals surface area contributed by atoms with Gasteiger partial charge in [-0.05, 0) is 63.2 Å². The highest BCUT2D eigenvalue weighted by atomic mass is 16.5. The second-order valence-electron chi connectivity index (χ2n) is 9.68. The van der Waals surface area contributed by atoms with E-state index in [2.05, 4.69) is 54.1 Å².